The van der Waals surface area contributed by atoms with Crippen molar-refractivity contribution in [1.29, 1.82) is 0 Å². The summed E-state index contributed by atoms with van der Waals surface area (Å²) in [6.07, 6.45) is 3.81. The highest BCUT2D eigenvalue weighted by Crippen LogP contribution is 2.31. The van der Waals surface area contributed by atoms with E-state index < -0.39 is 6.10 Å². The van der Waals surface area contributed by atoms with Crippen LogP contribution < -0.4 is 0 Å². The molecule has 0 saturated heterocycles. The molecule has 0 aliphatic carbocycles. The number of hydrogen-bond donors (Lipinski definition) is 1. The topological polar surface area (TPSA) is 23.5 Å². The minimum atomic E-state index is -0.556. The van der Waals surface area contributed by atoms with Gasteiger partial charge in [-0.25, -0.2) is 0 Å². The molecule has 4 heteroatoms. The smallest absolute Gasteiger partial charge is 0.0817 e. The van der Waals surface area contributed by atoms with Crippen LogP contribution in [0.5, 0.6) is 0 Å². The fraction of sp³-hybridized carbons (Fsp3) is 0.600. The molecular formula is C15H23Cl2NO. The van der Waals surface area contributed by atoms with E-state index in [4.69, 9.17) is 23.2 Å². The zero-order valence-electron chi connectivity index (χ0n) is 11.7. The standard InChI is InChI=1S/C15H23Cl2NO/c1-3-4-5-10-18(2)11-9-14(19)12-7-6-8-13(16)15(12)17/h6-8,14,19H,3-5,9-11H2,1-2H3. The first-order valence-corrected chi connectivity index (χ1v) is 7.62. The quantitative estimate of drug-likeness (QED) is 0.713. The molecule has 0 fully saturated rings. The van der Waals surface area contributed by atoms with Crippen molar-refractivity contribution in [2.75, 3.05) is 20.1 Å². The Bertz CT molecular complexity index is 384. The third-order valence-electron chi connectivity index (χ3n) is 3.27. The Morgan fingerprint density at radius 3 is 2.63 bits per heavy atom. The Balaban J connectivity index is 2.42. The van der Waals surface area contributed by atoms with Gasteiger partial charge in [0.1, 0.15) is 0 Å². The molecule has 1 N–H and O–H groups in total. The Hall–Kier alpha value is -0.280. The van der Waals surface area contributed by atoms with Gasteiger partial charge in [-0.1, -0.05) is 55.1 Å². The normalized spacial score (nSPS) is 12.9. The lowest BCUT2D eigenvalue weighted by Gasteiger charge is -2.19. The second-order valence-electron chi connectivity index (χ2n) is 4.96. The summed E-state index contributed by atoms with van der Waals surface area (Å²) in [4.78, 5) is 2.25. The van der Waals surface area contributed by atoms with Gasteiger partial charge < -0.3 is 10.0 Å². The van der Waals surface area contributed by atoms with E-state index in [-0.39, 0.29) is 0 Å². The third-order valence-corrected chi connectivity index (χ3v) is 4.10. The van der Waals surface area contributed by atoms with Gasteiger partial charge in [-0.3, -0.25) is 0 Å². The second-order valence-corrected chi connectivity index (χ2v) is 5.74. The molecule has 0 heterocycles. The molecule has 0 spiro atoms. The maximum absolute atomic E-state index is 10.2. The molecule has 19 heavy (non-hydrogen) atoms. The van der Waals surface area contributed by atoms with Crippen LogP contribution in [-0.4, -0.2) is 30.1 Å². The highest BCUT2D eigenvalue weighted by molar-refractivity contribution is 6.42. The van der Waals surface area contributed by atoms with E-state index in [1.807, 2.05) is 12.1 Å². The van der Waals surface area contributed by atoms with Crippen LogP contribution in [0, 0.1) is 0 Å². The second kappa shape index (κ2) is 8.80. The Morgan fingerprint density at radius 1 is 1.21 bits per heavy atom. The monoisotopic (exact) mass is 303 g/mol. The van der Waals surface area contributed by atoms with Crippen molar-refractivity contribution in [3.63, 3.8) is 0 Å². The van der Waals surface area contributed by atoms with Gasteiger partial charge in [-0.15, -0.1) is 0 Å². The number of aliphatic hydroxyl groups excluding tert-OH is 1. The van der Waals surface area contributed by atoms with Gasteiger partial charge >= 0.3 is 0 Å². The number of nitrogens with zero attached hydrogens (tertiary/aromatic N) is 1. The summed E-state index contributed by atoms with van der Waals surface area (Å²) in [5, 5.41) is 11.1. The van der Waals surface area contributed by atoms with E-state index in [1.54, 1.807) is 6.07 Å². The number of aliphatic hydroxyl groups is 1. The molecule has 1 unspecified atom stereocenters. The predicted octanol–water partition coefficient (Wildman–Crippen LogP) is 4.54. The molecule has 0 aliphatic rings. The van der Waals surface area contributed by atoms with Crippen LogP contribution in [0.1, 0.15) is 44.3 Å². The van der Waals surface area contributed by atoms with Crippen molar-refractivity contribution in [3.8, 4) is 0 Å². The largest absolute Gasteiger partial charge is 0.388 e. The van der Waals surface area contributed by atoms with Gasteiger partial charge in [0.15, 0.2) is 0 Å². The molecule has 1 rings (SSSR count). The summed E-state index contributed by atoms with van der Waals surface area (Å²) in [6.45, 7) is 4.13. The number of halogens is 2. The minimum absolute atomic E-state index is 0.463. The van der Waals surface area contributed by atoms with Gasteiger partial charge in [0, 0.05) is 12.1 Å². The van der Waals surface area contributed by atoms with E-state index >= 15 is 0 Å². The number of rotatable bonds is 8. The van der Waals surface area contributed by atoms with E-state index in [1.165, 1.54) is 19.3 Å². The molecule has 108 valence electrons. The number of benzene rings is 1. The van der Waals surface area contributed by atoms with Crippen molar-refractivity contribution in [2.24, 2.45) is 0 Å². The zero-order chi connectivity index (χ0) is 14.3. The Morgan fingerprint density at radius 2 is 1.95 bits per heavy atom. The summed E-state index contributed by atoms with van der Waals surface area (Å²) in [7, 11) is 2.09. The fourth-order valence-electron chi connectivity index (χ4n) is 2.02. The SMILES string of the molecule is CCCCCN(C)CCC(O)c1cccc(Cl)c1Cl. The Kier molecular flexibility index (Phi) is 7.77. The molecule has 0 bridgehead atoms. The highest BCUT2D eigenvalue weighted by Gasteiger charge is 2.14. The van der Waals surface area contributed by atoms with Crippen LogP contribution in [0.2, 0.25) is 10.0 Å². The van der Waals surface area contributed by atoms with E-state index in [0.717, 1.165) is 18.7 Å². The van der Waals surface area contributed by atoms with Gasteiger partial charge in [0.25, 0.3) is 0 Å². The van der Waals surface area contributed by atoms with Crippen LogP contribution in [0.15, 0.2) is 18.2 Å². The molecule has 0 amide bonds. The number of hydrogen-bond acceptors (Lipinski definition) is 2. The zero-order valence-corrected chi connectivity index (χ0v) is 13.2. The first-order valence-electron chi connectivity index (χ1n) is 6.86. The molecule has 1 aromatic rings. The lowest BCUT2D eigenvalue weighted by atomic mass is 10.1. The maximum atomic E-state index is 10.2. The van der Waals surface area contributed by atoms with Crippen LogP contribution in [-0.2, 0) is 0 Å². The first-order chi connectivity index (χ1) is 9.06. The maximum Gasteiger partial charge on any atom is 0.0817 e. The first kappa shape index (κ1) is 16.8. The summed E-state index contributed by atoms with van der Waals surface area (Å²) < 4.78 is 0. The van der Waals surface area contributed by atoms with Gasteiger partial charge in [0.2, 0.25) is 0 Å². The fourth-order valence-corrected chi connectivity index (χ4v) is 2.45. The summed E-state index contributed by atoms with van der Waals surface area (Å²) >= 11 is 12.1. The molecule has 0 aliphatic heterocycles. The van der Waals surface area contributed by atoms with Crippen molar-refractivity contribution >= 4 is 23.2 Å². The van der Waals surface area contributed by atoms with Crippen molar-refractivity contribution in [2.45, 2.75) is 38.7 Å². The molecular weight excluding hydrogens is 281 g/mol. The van der Waals surface area contributed by atoms with Crippen molar-refractivity contribution in [3.05, 3.63) is 33.8 Å². The molecule has 0 radical (unpaired) electrons. The molecule has 2 nitrogen and oxygen atoms in total. The highest BCUT2D eigenvalue weighted by atomic mass is 35.5. The van der Waals surface area contributed by atoms with E-state index in [9.17, 15) is 5.11 Å². The minimum Gasteiger partial charge on any atom is -0.388 e. The lowest BCUT2D eigenvalue weighted by molar-refractivity contribution is 0.148. The molecule has 1 atom stereocenters. The Labute approximate surface area is 126 Å². The van der Waals surface area contributed by atoms with Crippen molar-refractivity contribution in [1.82, 2.24) is 4.90 Å². The van der Waals surface area contributed by atoms with Crippen LogP contribution >= 0.6 is 23.2 Å². The molecule has 0 aromatic heterocycles. The van der Waals surface area contributed by atoms with Crippen LogP contribution in [0.25, 0.3) is 0 Å². The van der Waals surface area contributed by atoms with Gasteiger partial charge in [0.05, 0.1) is 16.1 Å². The van der Waals surface area contributed by atoms with E-state index in [2.05, 4.69) is 18.9 Å². The van der Waals surface area contributed by atoms with Gasteiger partial charge in [-0.2, -0.15) is 0 Å². The molecule has 0 saturated carbocycles. The summed E-state index contributed by atoms with van der Waals surface area (Å²) in [5.74, 6) is 0. The number of unbranched alkanes of at least 4 members (excludes halogenated alkanes) is 2. The average Bonchev–Trinajstić information content (AvgIpc) is 2.39. The summed E-state index contributed by atoms with van der Waals surface area (Å²) in [5.41, 5.74) is 0.719. The predicted molar refractivity (Wildman–Crippen MR) is 83.1 cm³/mol. The lowest BCUT2D eigenvalue weighted by Crippen LogP contribution is -2.22. The van der Waals surface area contributed by atoms with Crippen LogP contribution in [0.4, 0.5) is 0 Å². The van der Waals surface area contributed by atoms with Gasteiger partial charge in [-0.05, 0) is 32.5 Å². The summed E-state index contributed by atoms with van der Waals surface area (Å²) in [6, 6.07) is 5.38. The van der Waals surface area contributed by atoms with E-state index in [0.29, 0.717) is 16.5 Å². The van der Waals surface area contributed by atoms with Crippen molar-refractivity contribution < 1.29 is 5.11 Å². The third kappa shape index (κ3) is 5.70. The average molecular weight is 304 g/mol. The molecule has 1 aromatic carbocycles. The van der Waals surface area contributed by atoms with Crippen LogP contribution in [0.3, 0.4) is 0 Å².